The van der Waals surface area contributed by atoms with Crippen LogP contribution in [0.3, 0.4) is 0 Å². The molecule has 0 unspecified atom stereocenters. The van der Waals surface area contributed by atoms with Gasteiger partial charge in [0, 0.05) is 0 Å². The number of primary sulfonamides is 1. The number of benzene rings is 1. The van der Waals surface area contributed by atoms with Gasteiger partial charge in [-0.3, -0.25) is 4.55 Å². The van der Waals surface area contributed by atoms with Crippen LogP contribution in [0.4, 0.5) is 0 Å². The molecule has 0 saturated heterocycles. The third kappa shape index (κ3) is 4.55. The maximum atomic E-state index is 11.4. The van der Waals surface area contributed by atoms with Gasteiger partial charge < -0.3 is 0 Å². The molecule has 0 amide bonds. The summed E-state index contributed by atoms with van der Waals surface area (Å²) in [6.07, 6.45) is 1.14. The zero-order valence-electron chi connectivity index (χ0n) is 9.94. The van der Waals surface area contributed by atoms with Gasteiger partial charge in [-0.1, -0.05) is 6.07 Å². The monoisotopic (exact) mass is 308 g/mol. The van der Waals surface area contributed by atoms with Crippen molar-refractivity contribution in [2.24, 2.45) is 5.14 Å². The number of aryl methyl sites for hydroxylation is 1. The topological polar surface area (TPSA) is 134 Å². The van der Waals surface area contributed by atoms with Gasteiger partial charge in [0.25, 0.3) is 10.1 Å². The summed E-state index contributed by atoms with van der Waals surface area (Å²) in [6.45, 7) is -0.270. The molecule has 0 aromatic heterocycles. The number of rotatable bonds is 6. The zero-order valence-corrected chi connectivity index (χ0v) is 11.6. The van der Waals surface area contributed by atoms with Gasteiger partial charge in [-0.05, 0) is 37.0 Å². The number of hydrogen-bond donors (Lipinski definition) is 2. The van der Waals surface area contributed by atoms with Crippen molar-refractivity contribution in [2.75, 3.05) is 6.61 Å². The van der Waals surface area contributed by atoms with E-state index >= 15 is 0 Å². The Morgan fingerprint density at radius 2 is 1.74 bits per heavy atom. The van der Waals surface area contributed by atoms with Crippen molar-refractivity contribution >= 4 is 20.1 Å². The summed E-state index contributed by atoms with van der Waals surface area (Å²) >= 11 is 0. The van der Waals surface area contributed by atoms with Crippen LogP contribution in [-0.4, -0.2) is 28.0 Å². The Labute approximate surface area is 111 Å². The summed E-state index contributed by atoms with van der Waals surface area (Å²) in [7, 11) is -8.60. The quantitative estimate of drug-likeness (QED) is 0.577. The largest absolute Gasteiger partial charge is 0.294 e. The van der Waals surface area contributed by atoms with Crippen LogP contribution in [0.1, 0.15) is 18.4 Å². The molecule has 7 nitrogen and oxygen atoms in total. The smallest absolute Gasteiger partial charge is 0.282 e. The molecule has 0 aliphatic rings. The van der Waals surface area contributed by atoms with Crippen molar-refractivity contribution in [2.45, 2.75) is 29.1 Å². The lowest BCUT2D eigenvalue weighted by Gasteiger charge is -2.08. The minimum Gasteiger partial charge on any atom is -0.282 e. The predicted octanol–water partition coefficient (Wildman–Crippen LogP) is 0.334. The van der Waals surface area contributed by atoms with Crippen LogP contribution < -0.4 is 5.14 Å². The fraction of sp³-hybridized carbons (Fsp3) is 0.400. The fourth-order valence-electron chi connectivity index (χ4n) is 1.58. The van der Waals surface area contributed by atoms with E-state index in [2.05, 4.69) is 0 Å². The first-order valence-electron chi connectivity index (χ1n) is 5.37. The van der Waals surface area contributed by atoms with Gasteiger partial charge >= 0.3 is 0 Å². The Bertz CT molecular complexity index is 651. The number of unbranched alkanes of at least 4 members (excludes halogenated alkanes) is 1. The molecule has 0 fully saturated rings. The minimum absolute atomic E-state index is 0.270. The highest BCUT2D eigenvalue weighted by Crippen LogP contribution is 2.21. The molecule has 107 valence electrons. The molecular weight excluding hydrogens is 294 g/mol. The molecule has 0 aliphatic carbocycles. The van der Waals surface area contributed by atoms with Gasteiger partial charge in [0.05, 0.1) is 16.4 Å². The number of sulfonamides is 1. The van der Waals surface area contributed by atoms with E-state index in [0.717, 1.165) is 12.1 Å². The Balaban J connectivity index is 3.26. The third-order valence-corrected chi connectivity index (χ3v) is 4.33. The highest BCUT2D eigenvalue weighted by atomic mass is 32.2. The molecule has 1 rings (SSSR count). The molecule has 0 heterocycles. The van der Waals surface area contributed by atoms with Crippen molar-refractivity contribution in [1.82, 2.24) is 0 Å². The lowest BCUT2D eigenvalue weighted by Crippen LogP contribution is -2.15. The first-order chi connectivity index (χ1) is 8.66. The molecule has 0 saturated carbocycles. The van der Waals surface area contributed by atoms with Crippen LogP contribution in [0.15, 0.2) is 28.0 Å². The van der Waals surface area contributed by atoms with E-state index < -0.39 is 25.0 Å². The highest BCUT2D eigenvalue weighted by Gasteiger charge is 2.18. The van der Waals surface area contributed by atoms with Crippen LogP contribution in [0.5, 0.6) is 0 Å². The molecular formula is C10H14NO6S2. The maximum Gasteiger partial charge on any atom is 0.294 e. The van der Waals surface area contributed by atoms with E-state index in [1.165, 1.54) is 6.07 Å². The molecule has 0 aliphatic heterocycles. The summed E-state index contributed by atoms with van der Waals surface area (Å²) in [5.74, 6) is 0. The Morgan fingerprint density at radius 3 is 2.21 bits per heavy atom. The minimum atomic E-state index is -4.50. The Hall–Kier alpha value is -1.00. The predicted molar refractivity (Wildman–Crippen MR) is 66.1 cm³/mol. The Kier molecular flexibility index (Phi) is 5.04. The lowest BCUT2D eigenvalue weighted by atomic mass is 10.1. The average molecular weight is 308 g/mol. The van der Waals surface area contributed by atoms with Gasteiger partial charge in [-0.25, -0.2) is 18.7 Å². The van der Waals surface area contributed by atoms with Crippen molar-refractivity contribution in [3.8, 4) is 0 Å². The molecule has 3 N–H and O–H groups in total. The molecule has 0 spiro atoms. The van der Waals surface area contributed by atoms with Crippen LogP contribution in [0, 0.1) is 0 Å². The second-order valence-electron chi connectivity index (χ2n) is 3.95. The summed E-state index contributed by atoms with van der Waals surface area (Å²) < 4.78 is 53.6. The zero-order chi connectivity index (χ0) is 14.7. The van der Waals surface area contributed by atoms with Crippen LogP contribution in [0.25, 0.3) is 0 Å². The average Bonchev–Trinajstić information content (AvgIpc) is 2.27. The number of hydrogen-bond acceptors (Lipinski definition) is 4. The molecule has 0 atom stereocenters. The van der Waals surface area contributed by atoms with Gasteiger partial charge in [0.2, 0.25) is 10.0 Å². The molecule has 1 radical (unpaired) electrons. The Morgan fingerprint density at radius 1 is 1.11 bits per heavy atom. The van der Waals surface area contributed by atoms with Gasteiger partial charge in [-0.2, -0.15) is 8.42 Å². The standard InChI is InChI=1S/C10H14NO6S2/c11-18(13,14)10-7-9(19(15,16)17)5-4-8(10)3-1-2-6-12/h4-5,7H,1-3,6H2,(H2,11,13,14)(H,15,16,17). The summed E-state index contributed by atoms with van der Waals surface area (Å²) in [5, 5.41) is 15.3. The van der Waals surface area contributed by atoms with Crippen LogP contribution in [-0.2, 0) is 31.7 Å². The van der Waals surface area contributed by atoms with Crippen molar-refractivity contribution in [3.05, 3.63) is 23.8 Å². The van der Waals surface area contributed by atoms with Crippen molar-refractivity contribution in [3.63, 3.8) is 0 Å². The van der Waals surface area contributed by atoms with E-state index in [1.54, 1.807) is 0 Å². The summed E-state index contributed by atoms with van der Waals surface area (Å²) in [5.41, 5.74) is 0.323. The van der Waals surface area contributed by atoms with E-state index in [4.69, 9.17) is 9.69 Å². The highest BCUT2D eigenvalue weighted by molar-refractivity contribution is 7.89. The van der Waals surface area contributed by atoms with E-state index in [1.807, 2.05) is 0 Å². The normalized spacial score (nSPS) is 12.6. The van der Waals surface area contributed by atoms with Gasteiger partial charge in [0.1, 0.15) is 0 Å². The molecule has 0 bridgehead atoms. The molecule has 1 aromatic rings. The van der Waals surface area contributed by atoms with Gasteiger partial charge in [-0.15, -0.1) is 0 Å². The van der Waals surface area contributed by atoms with E-state index in [9.17, 15) is 21.9 Å². The lowest BCUT2D eigenvalue weighted by molar-refractivity contribution is 0.187. The maximum absolute atomic E-state index is 11.4. The second kappa shape index (κ2) is 5.97. The number of nitrogens with two attached hydrogens (primary N) is 1. The summed E-state index contributed by atoms with van der Waals surface area (Å²) in [4.78, 5) is -0.891. The van der Waals surface area contributed by atoms with E-state index in [0.29, 0.717) is 24.8 Å². The molecule has 9 heteroatoms. The van der Waals surface area contributed by atoms with Crippen molar-refractivity contribution < 1.29 is 26.5 Å². The molecule has 1 aromatic carbocycles. The third-order valence-electron chi connectivity index (χ3n) is 2.48. The van der Waals surface area contributed by atoms with Gasteiger partial charge in [0.15, 0.2) is 0 Å². The van der Waals surface area contributed by atoms with Crippen molar-refractivity contribution in [1.29, 1.82) is 0 Å². The molecule has 19 heavy (non-hydrogen) atoms. The SMILES string of the molecule is NS(=O)(=O)c1cc(S(=O)(=O)O)ccc1CCCC[O]. The van der Waals surface area contributed by atoms with Crippen LogP contribution >= 0.6 is 0 Å². The second-order valence-corrected chi connectivity index (χ2v) is 6.90. The van der Waals surface area contributed by atoms with Crippen LogP contribution in [0.2, 0.25) is 0 Å². The van der Waals surface area contributed by atoms with E-state index in [-0.39, 0.29) is 11.5 Å². The summed E-state index contributed by atoms with van der Waals surface area (Å²) in [6, 6.07) is 3.18. The first kappa shape index (κ1) is 16.1. The fourth-order valence-corrected chi connectivity index (χ4v) is 2.99. The first-order valence-corrected chi connectivity index (χ1v) is 8.36.